The average molecular weight is 533 g/mol. The van der Waals surface area contributed by atoms with Crippen LogP contribution in [0.2, 0.25) is 0 Å². The quantitative estimate of drug-likeness (QED) is 0.275. The van der Waals surface area contributed by atoms with Gasteiger partial charge in [0.2, 0.25) is 0 Å². The maximum absolute atomic E-state index is 13.3. The van der Waals surface area contributed by atoms with Gasteiger partial charge in [0.05, 0.1) is 38.8 Å². The van der Waals surface area contributed by atoms with Crippen molar-refractivity contribution in [1.82, 2.24) is 5.43 Å². The topological polar surface area (TPSA) is 122 Å². The van der Waals surface area contributed by atoms with Crippen LogP contribution < -0.4 is 29.9 Å². The predicted molar refractivity (Wildman–Crippen MR) is 150 cm³/mol. The number of carbonyl (C=O) groups is 2. The second-order valence-electron chi connectivity index (χ2n) is 8.93. The molecule has 1 saturated heterocycles. The van der Waals surface area contributed by atoms with Gasteiger partial charge in [-0.15, -0.1) is 0 Å². The summed E-state index contributed by atoms with van der Waals surface area (Å²) in [5, 5.41) is 16.7. The van der Waals surface area contributed by atoms with Crippen LogP contribution in [0.15, 0.2) is 59.7 Å². The highest BCUT2D eigenvalue weighted by atomic mass is 16.5. The monoisotopic (exact) mass is 532 g/mol. The van der Waals surface area contributed by atoms with Gasteiger partial charge in [-0.3, -0.25) is 9.59 Å². The molecule has 0 unspecified atom stereocenters. The van der Waals surface area contributed by atoms with Crippen LogP contribution in [-0.2, 0) is 0 Å². The number of piperidine rings is 1. The van der Waals surface area contributed by atoms with E-state index in [4.69, 9.17) is 14.2 Å². The number of anilines is 2. The third kappa shape index (κ3) is 6.59. The van der Waals surface area contributed by atoms with E-state index in [2.05, 4.69) is 20.7 Å². The van der Waals surface area contributed by atoms with Gasteiger partial charge in [0, 0.05) is 24.3 Å². The van der Waals surface area contributed by atoms with Crippen molar-refractivity contribution in [3.05, 3.63) is 71.3 Å². The number of hydrogen-bond donors (Lipinski definition) is 3. The lowest BCUT2D eigenvalue weighted by Gasteiger charge is -2.29. The molecular weight excluding hydrogens is 500 g/mol. The summed E-state index contributed by atoms with van der Waals surface area (Å²) in [6.07, 6.45) is 4.79. The van der Waals surface area contributed by atoms with E-state index in [0.717, 1.165) is 31.6 Å². The summed E-state index contributed by atoms with van der Waals surface area (Å²) in [6, 6.07) is 14.9. The standard InChI is InChI=1S/C29H32N4O6/c1-37-25-12-8-20(16-27(25)39-3)28(35)31-23-10-9-21(33-13-5-4-6-14-33)17-22(23)29(36)32-30-18-19-7-11-24(34)26(15-19)38-2/h7-12,15-18,34H,4-6,13-14H2,1-3H3,(H,31,35)(H,32,36)/b30-18+. The lowest BCUT2D eigenvalue weighted by Crippen LogP contribution is -2.30. The summed E-state index contributed by atoms with van der Waals surface area (Å²) in [7, 11) is 4.47. The molecule has 0 radical (unpaired) electrons. The first kappa shape index (κ1) is 27.3. The van der Waals surface area contributed by atoms with Gasteiger partial charge in [-0.2, -0.15) is 5.10 Å². The molecular formula is C29H32N4O6. The minimum atomic E-state index is -0.488. The van der Waals surface area contributed by atoms with E-state index in [9.17, 15) is 14.7 Å². The van der Waals surface area contributed by atoms with E-state index in [1.165, 1.54) is 40.0 Å². The zero-order valence-electron chi connectivity index (χ0n) is 22.2. The number of hydrogen-bond acceptors (Lipinski definition) is 8. The number of amides is 2. The number of methoxy groups -OCH3 is 3. The van der Waals surface area contributed by atoms with Crippen LogP contribution in [0.5, 0.6) is 23.0 Å². The Morgan fingerprint density at radius 3 is 2.31 bits per heavy atom. The molecule has 39 heavy (non-hydrogen) atoms. The lowest BCUT2D eigenvalue weighted by atomic mass is 10.1. The van der Waals surface area contributed by atoms with Crippen molar-refractivity contribution in [1.29, 1.82) is 0 Å². The fourth-order valence-electron chi connectivity index (χ4n) is 4.35. The molecule has 4 rings (SSSR count). The Bertz CT molecular complexity index is 1370. The first-order chi connectivity index (χ1) is 18.9. The predicted octanol–water partition coefficient (Wildman–Crippen LogP) is 4.42. The van der Waals surface area contributed by atoms with E-state index in [0.29, 0.717) is 34.1 Å². The van der Waals surface area contributed by atoms with E-state index >= 15 is 0 Å². The van der Waals surface area contributed by atoms with Gasteiger partial charge >= 0.3 is 0 Å². The van der Waals surface area contributed by atoms with Crippen LogP contribution in [0.25, 0.3) is 0 Å². The molecule has 0 spiro atoms. The molecule has 204 valence electrons. The zero-order valence-corrected chi connectivity index (χ0v) is 22.2. The highest BCUT2D eigenvalue weighted by Crippen LogP contribution is 2.30. The van der Waals surface area contributed by atoms with E-state index < -0.39 is 11.8 Å². The first-order valence-electron chi connectivity index (χ1n) is 12.6. The van der Waals surface area contributed by atoms with Crippen molar-refractivity contribution in [3.8, 4) is 23.0 Å². The van der Waals surface area contributed by atoms with Gasteiger partial charge in [0.1, 0.15) is 0 Å². The van der Waals surface area contributed by atoms with Crippen molar-refractivity contribution in [2.24, 2.45) is 5.10 Å². The molecule has 0 bridgehead atoms. The Labute approximate surface area is 227 Å². The van der Waals surface area contributed by atoms with Crippen LogP contribution in [0.3, 0.4) is 0 Å². The van der Waals surface area contributed by atoms with Crippen molar-refractivity contribution in [2.45, 2.75) is 19.3 Å². The average Bonchev–Trinajstić information content (AvgIpc) is 2.98. The maximum atomic E-state index is 13.3. The molecule has 3 aromatic carbocycles. The molecule has 0 atom stereocenters. The molecule has 10 nitrogen and oxygen atoms in total. The molecule has 0 aromatic heterocycles. The minimum absolute atomic E-state index is 0.00285. The third-order valence-electron chi connectivity index (χ3n) is 6.45. The number of ether oxygens (including phenoxy) is 3. The van der Waals surface area contributed by atoms with Crippen molar-refractivity contribution < 1.29 is 28.9 Å². The largest absolute Gasteiger partial charge is 0.504 e. The van der Waals surface area contributed by atoms with E-state index in [1.807, 2.05) is 6.07 Å². The number of phenolic OH excluding ortho intramolecular Hbond substituents is 1. The number of phenols is 1. The van der Waals surface area contributed by atoms with E-state index in [1.54, 1.807) is 42.5 Å². The molecule has 1 aliphatic heterocycles. The van der Waals surface area contributed by atoms with Crippen LogP contribution in [0, 0.1) is 0 Å². The number of aromatic hydroxyl groups is 1. The summed E-state index contributed by atoms with van der Waals surface area (Å²) < 4.78 is 15.7. The van der Waals surface area contributed by atoms with Gasteiger partial charge in [0.15, 0.2) is 23.0 Å². The Balaban J connectivity index is 1.59. The summed E-state index contributed by atoms with van der Waals surface area (Å²) in [6.45, 7) is 1.80. The number of nitrogens with zero attached hydrogens (tertiary/aromatic N) is 2. The van der Waals surface area contributed by atoms with Gasteiger partial charge in [-0.1, -0.05) is 0 Å². The number of benzene rings is 3. The third-order valence-corrected chi connectivity index (χ3v) is 6.45. The van der Waals surface area contributed by atoms with Crippen molar-refractivity contribution in [3.63, 3.8) is 0 Å². The molecule has 3 N–H and O–H groups in total. The number of rotatable bonds is 9. The molecule has 3 aromatic rings. The molecule has 1 heterocycles. The summed E-state index contributed by atoms with van der Waals surface area (Å²) in [5.74, 6) is 0.324. The maximum Gasteiger partial charge on any atom is 0.273 e. The van der Waals surface area contributed by atoms with Crippen molar-refractivity contribution >= 4 is 29.4 Å². The first-order valence-corrected chi connectivity index (χ1v) is 12.6. The van der Waals surface area contributed by atoms with Crippen molar-refractivity contribution in [2.75, 3.05) is 44.6 Å². The SMILES string of the molecule is COc1cc(/C=N/NC(=O)c2cc(N3CCCCC3)ccc2NC(=O)c2ccc(OC)c(OC)c2)ccc1O. The molecule has 0 saturated carbocycles. The fourth-order valence-corrected chi connectivity index (χ4v) is 4.35. The number of hydrazone groups is 1. The smallest absolute Gasteiger partial charge is 0.273 e. The van der Waals surface area contributed by atoms with E-state index in [-0.39, 0.29) is 11.3 Å². The second kappa shape index (κ2) is 12.7. The highest BCUT2D eigenvalue weighted by molar-refractivity contribution is 6.09. The lowest BCUT2D eigenvalue weighted by molar-refractivity contribution is 0.0956. The Kier molecular flexibility index (Phi) is 8.88. The normalized spacial score (nSPS) is 13.2. The van der Waals surface area contributed by atoms with Crippen LogP contribution in [-0.4, -0.2) is 57.6 Å². The second-order valence-corrected chi connectivity index (χ2v) is 8.93. The summed E-state index contributed by atoms with van der Waals surface area (Å²) in [4.78, 5) is 28.6. The molecule has 0 aliphatic carbocycles. The Hall–Kier alpha value is -4.73. The van der Waals surface area contributed by atoms with Gasteiger partial charge in [-0.25, -0.2) is 5.43 Å². The van der Waals surface area contributed by atoms with Gasteiger partial charge in [0.25, 0.3) is 11.8 Å². The van der Waals surface area contributed by atoms with Gasteiger partial charge in [-0.05, 0) is 79.4 Å². The Morgan fingerprint density at radius 1 is 0.846 bits per heavy atom. The summed E-state index contributed by atoms with van der Waals surface area (Å²) in [5.41, 5.74) is 5.01. The zero-order chi connectivity index (χ0) is 27.8. The van der Waals surface area contributed by atoms with Crippen LogP contribution in [0.4, 0.5) is 11.4 Å². The molecule has 10 heteroatoms. The molecule has 1 fully saturated rings. The highest BCUT2D eigenvalue weighted by Gasteiger charge is 2.19. The minimum Gasteiger partial charge on any atom is -0.504 e. The number of carbonyl (C=O) groups excluding carboxylic acids is 2. The molecule has 2 amide bonds. The van der Waals surface area contributed by atoms with Gasteiger partial charge < -0.3 is 29.5 Å². The van der Waals surface area contributed by atoms with Crippen LogP contribution >= 0.6 is 0 Å². The fraction of sp³-hybridized carbons (Fsp3) is 0.276. The Morgan fingerprint density at radius 2 is 1.59 bits per heavy atom. The van der Waals surface area contributed by atoms with Crippen LogP contribution in [0.1, 0.15) is 45.5 Å². The number of nitrogens with one attached hydrogen (secondary N) is 2. The molecule has 1 aliphatic rings. The summed E-state index contributed by atoms with van der Waals surface area (Å²) >= 11 is 0.